The first-order valence-corrected chi connectivity index (χ1v) is 28.9. The number of hydrogen-bond acceptors (Lipinski definition) is 0. The van der Waals surface area contributed by atoms with E-state index < -0.39 is 0 Å². The summed E-state index contributed by atoms with van der Waals surface area (Å²) in [6.45, 7) is 63.2. The monoisotopic (exact) mass is 887 g/mol. The van der Waals surface area contributed by atoms with E-state index in [1.807, 2.05) is 138 Å². The van der Waals surface area contributed by atoms with Crippen LogP contribution in [0, 0.1) is 47.3 Å². The average Bonchev–Trinajstić information content (AvgIpc) is 4.09. The third-order valence-electron chi connectivity index (χ3n) is 10.9. The molecule has 0 aromatic carbocycles. The zero-order chi connectivity index (χ0) is 50.6. The molecule has 0 radical (unpaired) electrons. The predicted octanol–water partition coefficient (Wildman–Crippen LogP) is 25.3. The molecule has 0 unspecified atom stereocenters. The van der Waals surface area contributed by atoms with Crippen molar-refractivity contribution < 1.29 is 0 Å². The van der Waals surface area contributed by atoms with E-state index in [9.17, 15) is 0 Å². The molecule has 0 aliphatic heterocycles. The minimum Gasteiger partial charge on any atom is -0.0851 e. The Hall–Kier alpha value is -0.520. The molecule has 0 bridgehead atoms. The van der Waals surface area contributed by atoms with Gasteiger partial charge in [0.1, 0.15) is 0 Å². The molecule has 0 spiro atoms. The van der Waals surface area contributed by atoms with E-state index in [0.717, 1.165) is 47.3 Å². The second kappa shape index (κ2) is 84.0. The standard InChI is InChI=1S/C9H18.C9H16.C8H16.C8H14.C7H14.10C2H6.CH4/c2*1-8(2)9-6-4-3-5-7-9;2*1-7(2)8-5-3-4-6-8;1-6(2)7-4-3-5-7;10*1-2;/h8-9H,3-7H2,1-2H3;6,8H,3-5,7H2,1-2H3;7-8H,3-6H2,1-2H3;5,7H,3-4,6H2,1-2H3;6-7H,3-5H2,1-2H3;10*1-2H3;1H4. The topological polar surface area (TPSA) is 0 Å². The van der Waals surface area contributed by atoms with Gasteiger partial charge in [0, 0.05) is 0 Å². The fraction of sp³-hybridized carbons (Fsp3) is 0.935. The van der Waals surface area contributed by atoms with Gasteiger partial charge in [-0.3, -0.25) is 0 Å². The molecule has 0 heteroatoms. The van der Waals surface area contributed by atoms with Crippen LogP contribution >= 0.6 is 0 Å². The molecule has 5 rings (SSSR count). The summed E-state index contributed by atoms with van der Waals surface area (Å²) >= 11 is 0. The smallest absolute Gasteiger partial charge is 0.0260 e. The molecule has 0 aromatic rings. The highest BCUT2D eigenvalue weighted by atomic mass is 14.3. The lowest BCUT2D eigenvalue weighted by molar-refractivity contribution is 0.235. The minimum absolute atomic E-state index is 0. The zero-order valence-corrected chi connectivity index (χ0v) is 50.2. The number of rotatable bonds is 5. The molecule has 0 aromatic heterocycles. The van der Waals surface area contributed by atoms with Crippen LogP contribution in [0.5, 0.6) is 0 Å². The van der Waals surface area contributed by atoms with Crippen molar-refractivity contribution in [1.82, 2.24) is 0 Å². The van der Waals surface area contributed by atoms with E-state index in [4.69, 9.17) is 0 Å². The molecular weight excluding hydrogens is 745 g/mol. The van der Waals surface area contributed by atoms with E-state index in [0.29, 0.717) is 0 Å². The molecular formula is C62H142. The third kappa shape index (κ3) is 66.1. The van der Waals surface area contributed by atoms with Crippen LogP contribution in [0.2, 0.25) is 0 Å². The summed E-state index contributed by atoms with van der Waals surface area (Å²) in [5.74, 6) is 7.63. The summed E-state index contributed by atoms with van der Waals surface area (Å²) in [5.41, 5.74) is 3.35. The van der Waals surface area contributed by atoms with E-state index in [1.165, 1.54) is 122 Å². The Balaban J connectivity index is -0.0000000527. The lowest BCUT2D eigenvalue weighted by Crippen LogP contribution is -2.16. The van der Waals surface area contributed by atoms with E-state index in [2.05, 4.69) is 81.4 Å². The van der Waals surface area contributed by atoms with E-state index in [-0.39, 0.29) is 7.43 Å². The van der Waals surface area contributed by atoms with Gasteiger partial charge >= 0.3 is 0 Å². The Labute approximate surface area is 406 Å². The lowest BCUT2D eigenvalue weighted by atomic mass is 9.78. The third-order valence-corrected chi connectivity index (χ3v) is 10.9. The normalized spacial score (nSPS) is 15.3. The number of hydrogen-bond donors (Lipinski definition) is 0. The van der Waals surface area contributed by atoms with Gasteiger partial charge in [0.25, 0.3) is 0 Å². The van der Waals surface area contributed by atoms with Gasteiger partial charge in [-0.05, 0) is 92.3 Å². The molecule has 0 N–H and O–H groups in total. The van der Waals surface area contributed by atoms with Crippen LogP contribution in [0.4, 0.5) is 0 Å². The van der Waals surface area contributed by atoms with Crippen LogP contribution in [-0.4, -0.2) is 0 Å². The summed E-state index contributed by atoms with van der Waals surface area (Å²) in [4.78, 5) is 0. The highest BCUT2D eigenvalue weighted by Gasteiger charge is 2.20. The van der Waals surface area contributed by atoms with Crippen molar-refractivity contribution >= 4 is 0 Å². The van der Waals surface area contributed by atoms with Gasteiger partial charge < -0.3 is 0 Å². The van der Waals surface area contributed by atoms with Crippen LogP contribution in [-0.2, 0) is 0 Å². The Morgan fingerprint density at radius 2 is 0.516 bits per heavy atom. The number of allylic oxidation sites excluding steroid dienone is 4. The Morgan fingerprint density at radius 1 is 0.290 bits per heavy atom. The molecule has 3 fully saturated rings. The SMILES string of the molecule is C.CC.CC.CC.CC.CC.CC.CC.CC.CC.CC.CC(C)C1=CCCC1.CC(C)C1=CCCCC1.CC(C)C1CCC1.CC(C)C1CCCC1.CC(C)C1CCCCC1. The van der Waals surface area contributed by atoms with E-state index in [1.54, 1.807) is 11.1 Å². The van der Waals surface area contributed by atoms with Crippen LogP contribution < -0.4 is 0 Å². The Bertz CT molecular complexity index is 656. The minimum atomic E-state index is 0. The zero-order valence-electron chi connectivity index (χ0n) is 50.2. The summed E-state index contributed by atoms with van der Waals surface area (Å²) in [5, 5.41) is 0. The second-order valence-electron chi connectivity index (χ2n) is 15.9. The van der Waals surface area contributed by atoms with Gasteiger partial charge in [-0.25, -0.2) is 0 Å². The van der Waals surface area contributed by atoms with Gasteiger partial charge in [-0.15, -0.1) is 0 Å². The Kier molecular flexibility index (Phi) is 120. The lowest BCUT2D eigenvalue weighted by Gasteiger charge is -2.28. The molecule has 390 valence electrons. The van der Waals surface area contributed by atoms with Crippen molar-refractivity contribution in [3.63, 3.8) is 0 Å². The summed E-state index contributed by atoms with van der Waals surface area (Å²) in [6, 6.07) is 0. The molecule has 0 atom stereocenters. The summed E-state index contributed by atoms with van der Waals surface area (Å²) in [7, 11) is 0. The first-order valence-electron chi connectivity index (χ1n) is 28.9. The quantitative estimate of drug-likeness (QED) is 0.241. The van der Waals surface area contributed by atoms with Crippen molar-refractivity contribution in [3.05, 3.63) is 23.3 Å². The maximum Gasteiger partial charge on any atom is -0.0260 e. The molecule has 0 heterocycles. The van der Waals surface area contributed by atoms with Crippen LogP contribution in [0.25, 0.3) is 0 Å². The van der Waals surface area contributed by atoms with Gasteiger partial charge in [0.15, 0.2) is 0 Å². The van der Waals surface area contributed by atoms with Gasteiger partial charge in [0.05, 0.1) is 0 Å². The van der Waals surface area contributed by atoms with Crippen molar-refractivity contribution in [1.29, 1.82) is 0 Å². The molecule has 0 saturated heterocycles. The first-order chi connectivity index (χ1) is 29.5. The highest BCUT2D eigenvalue weighted by Crippen LogP contribution is 2.33. The van der Waals surface area contributed by atoms with Gasteiger partial charge in [-0.2, -0.15) is 0 Å². The fourth-order valence-electron chi connectivity index (χ4n) is 7.14. The first kappa shape index (κ1) is 88.3. The van der Waals surface area contributed by atoms with Crippen molar-refractivity contribution in [2.24, 2.45) is 47.3 Å². The summed E-state index contributed by atoms with van der Waals surface area (Å²) < 4.78 is 0. The highest BCUT2D eigenvalue weighted by molar-refractivity contribution is 5.09. The predicted molar refractivity (Wildman–Crippen MR) is 309 cm³/mol. The van der Waals surface area contributed by atoms with Crippen molar-refractivity contribution in [2.45, 2.75) is 337 Å². The van der Waals surface area contributed by atoms with Gasteiger partial charge in [-0.1, -0.05) is 315 Å². The van der Waals surface area contributed by atoms with Crippen LogP contribution in [0.3, 0.4) is 0 Å². The molecule has 0 amide bonds. The summed E-state index contributed by atoms with van der Waals surface area (Å²) in [6.07, 6.45) is 32.3. The van der Waals surface area contributed by atoms with Gasteiger partial charge in [0.2, 0.25) is 0 Å². The second-order valence-corrected chi connectivity index (χ2v) is 15.9. The molecule has 62 heavy (non-hydrogen) atoms. The fourth-order valence-corrected chi connectivity index (χ4v) is 7.14. The average molecular weight is 888 g/mol. The molecule has 5 aliphatic rings. The molecule has 3 saturated carbocycles. The van der Waals surface area contributed by atoms with E-state index >= 15 is 0 Å². The molecule has 5 aliphatic carbocycles. The molecule has 0 nitrogen and oxygen atoms in total. The van der Waals surface area contributed by atoms with Crippen molar-refractivity contribution in [2.75, 3.05) is 0 Å². The maximum absolute atomic E-state index is 2.42. The Morgan fingerprint density at radius 3 is 0.661 bits per heavy atom. The maximum atomic E-state index is 2.42. The van der Waals surface area contributed by atoms with Crippen LogP contribution in [0.1, 0.15) is 337 Å². The van der Waals surface area contributed by atoms with Crippen molar-refractivity contribution in [3.8, 4) is 0 Å². The van der Waals surface area contributed by atoms with Crippen LogP contribution in [0.15, 0.2) is 23.3 Å². The largest absolute Gasteiger partial charge is 0.0851 e.